The molecule has 0 saturated carbocycles. The van der Waals surface area contributed by atoms with Gasteiger partial charge in [-0.15, -0.1) is 0 Å². The highest BCUT2D eigenvalue weighted by Crippen LogP contribution is 2.44. The summed E-state index contributed by atoms with van der Waals surface area (Å²) in [6.07, 6.45) is 13.1. The third-order valence-corrected chi connectivity index (χ3v) is 24.5. The van der Waals surface area contributed by atoms with Crippen LogP contribution >= 0.6 is 11.8 Å². The smallest absolute Gasteiger partial charge is 0.244 e. The number of hydrogen-bond acceptors (Lipinski definition) is 11. The van der Waals surface area contributed by atoms with E-state index in [2.05, 4.69) is 340 Å². The zero-order valence-electron chi connectivity index (χ0n) is 69.5. The van der Waals surface area contributed by atoms with Crippen molar-refractivity contribution in [3.05, 3.63) is 240 Å². The molecule has 0 spiro atoms. The summed E-state index contributed by atoms with van der Waals surface area (Å²) < 4.78 is 36.6. The Labute approximate surface area is 663 Å². The van der Waals surface area contributed by atoms with Crippen LogP contribution in [0.2, 0.25) is 0 Å². The van der Waals surface area contributed by atoms with E-state index in [4.69, 9.17) is 29.9 Å². The van der Waals surface area contributed by atoms with Gasteiger partial charge in [-0.25, -0.2) is 48.3 Å². The maximum atomic E-state index is 14.0. The minimum atomic E-state index is -4.13. The van der Waals surface area contributed by atoms with Gasteiger partial charge in [0.05, 0.1) is 93.7 Å². The summed E-state index contributed by atoms with van der Waals surface area (Å²) in [6.45, 7) is 53.8. The molecule has 0 fully saturated rings. The Hall–Kier alpha value is -10.4. The van der Waals surface area contributed by atoms with E-state index in [0.29, 0.717) is 11.6 Å². The maximum Gasteiger partial charge on any atom is 0.244 e. The van der Waals surface area contributed by atoms with Gasteiger partial charge in [0, 0.05) is 43.1 Å². The van der Waals surface area contributed by atoms with Crippen molar-refractivity contribution in [1.29, 1.82) is 0 Å². The molecule has 16 heteroatoms. The fourth-order valence-electron chi connectivity index (χ4n) is 15.1. The van der Waals surface area contributed by atoms with Crippen LogP contribution in [0.3, 0.4) is 0 Å². The average molecular weight is 1520 g/mol. The van der Waals surface area contributed by atoms with Gasteiger partial charge in [-0.3, -0.25) is 18.3 Å². The van der Waals surface area contributed by atoms with Gasteiger partial charge < -0.3 is 0 Å². The molecule has 0 saturated heterocycles. The summed E-state index contributed by atoms with van der Waals surface area (Å²) in [5.74, 6) is 2.62. The Bertz CT molecular complexity index is 5850. The number of nitrogens with zero attached hydrogens (tertiary/aromatic N) is 12. The van der Waals surface area contributed by atoms with Crippen molar-refractivity contribution in [1.82, 2.24) is 58.1 Å². The Morgan fingerprint density at radius 1 is 0.223 bits per heavy atom. The van der Waals surface area contributed by atoms with Crippen molar-refractivity contribution in [3.63, 3.8) is 0 Å². The van der Waals surface area contributed by atoms with E-state index in [9.17, 15) is 8.42 Å². The number of benzene rings is 8. The average Bonchev–Trinajstić information content (AvgIpc) is 1.60. The van der Waals surface area contributed by atoms with E-state index >= 15 is 0 Å². The van der Waals surface area contributed by atoms with Crippen LogP contribution in [-0.4, -0.2) is 66.6 Å². The maximum absolute atomic E-state index is 14.0. The van der Waals surface area contributed by atoms with Gasteiger partial charge in [0.1, 0.15) is 10.1 Å². The molecule has 16 rings (SSSR count). The third kappa shape index (κ3) is 14.1. The molecule has 0 amide bonds. The SMILES string of the molecule is CC(C)(C)c1ccc2c(c1)c1cc(C(C)(C)C)ccc1n2-c1cnc(S(=O)(=O)c2cnc(-n3c4ccc(C(C)(C)C)cc4c4cc(C(C)(C)C)ccc43)cn2)cn1.CC(C)(C)c1ccc2c(c1)c1cc(C(C)(C)C)ccc1n2-c1cnc(Sc2cnc(-n3c4ccc(C(C)(C)C)cc4c4cc(C(C)(C)C)ccc43)cn2)cn1. The molecule has 14 nitrogen and oxygen atoms in total. The zero-order valence-corrected chi connectivity index (χ0v) is 71.1. The zero-order chi connectivity index (χ0) is 80.3. The minimum Gasteiger partial charge on any atom is -0.293 e. The molecule has 0 aliphatic carbocycles. The lowest BCUT2D eigenvalue weighted by Crippen LogP contribution is -2.11. The van der Waals surface area contributed by atoms with Crippen molar-refractivity contribution < 1.29 is 8.42 Å². The second-order valence-electron chi connectivity index (χ2n) is 38.7. The highest BCUT2D eigenvalue weighted by molar-refractivity contribution is 7.99. The molecule has 112 heavy (non-hydrogen) atoms. The van der Waals surface area contributed by atoms with Crippen LogP contribution in [0.1, 0.15) is 211 Å². The highest BCUT2D eigenvalue weighted by Gasteiger charge is 2.30. The molecule has 0 unspecified atom stereocenters. The molecule has 0 atom stereocenters. The third-order valence-electron chi connectivity index (χ3n) is 22.1. The van der Waals surface area contributed by atoms with Crippen LogP contribution in [0, 0.1) is 0 Å². The van der Waals surface area contributed by atoms with Gasteiger partial charge >= 0.3 is 0 Å². The number of rotatable bonds is 8. The molecule has 0 aliphatic rings. The molecular formula is C96H104N12O2S2. The first-order chi connectivity index (χ1) is 52.3. The van der Waals surface area contributed by atoms with Gasteiger partial charge in [-0.05, 0) is 197 Å². The fraction of sp³-hybridized carbons (Fsp3) is 0.333. The van der Waals surface area contributed by atoms with Crippen molar-refractivity contribution in [3.8, 4) is 23.3 Å². The summed E-state index contributed by atoms with van der Waals surface area (Å²) in [5, 5.41) is 10.5. The Morgan fingerprint density at radius 3 is 0.536 bits per heavy atom. The van der Waals surface area contributed by atoms with E-state index in [1.807, 2.05) is 24.8 Å². The van der Waals surface area contributed by atoms with E-state index in [1.165, 1.54) is 103 Å². The number of fused-ring (bicyclic) bond motifs is 12. The number of hydrogen-bond donors (Lipinski definition) is 0. The van der Waals surface area contributed by atoms with E-state index < -0.39 is 9.84 Å². The molecular weight excluding hydrogens is 1420 g/mol. The summed E-state index contributed by atoms with van der Waals surface area (Å²) in [6, 6.07) is 53.5. The normalized spacial score (nSPS) is 13.3. The van der Waals surface area contributed by atoms with Gasteiger partial charge in [0.15, 0.2) is 33.3 Å². The highest BCUT2D eigenvalue weighted by atomic mass is 32.2. The molecule has 0 aliphatic heterocycles. The summed E-state index contributed by atoms with van der Waals surface area (Å²) in [4.78, 5) is 38.0. The van der Waals surface area contributed by atoms with Crippen LogP contribution < -0.4 is 0 Å². The van der Waals surface area contributed by atoms with Gasteiger partial charge in [-0.1, -0.05) is 215 Å². The van der Waals surface area contributed by atoms with Crippen LogP contribution in [0.15, 0.2) is 215 Å². The monoisotopic (exact) mass is 1520 g/mol. The van der Waals surface area contributed by atoms with Gasteiger partial charge in [-0.2, -0.15) is 0 Å². The first kappa shape index (κ1) is 76.9. The van der Waals surface area contributed by atoms with E-state index in [-0.39, 0.29) is 53.4 Å². The van der Waals surface area contributed by atoms with Crippen LogP contribution in [0.25, 0.3) is 110 Å². The summed E-state index contributed by atoms with van der Waals surface area (Å²) in [5.41, 5.74) is 18.6. The molecule has 8 aromatic heterocycles. The molecule has 8 aromatic carbocycles. The van der Waals surface area contributed by atoms with Crippen molar-refractivity contribution in [2.45, 2.75) is 230 Å². The molecule has 0 bridgehead atoms. The standard InChI is InChI=1S/C48H52N6O2S.C48H52N6S/c1-45(2,3)29-13-17-37-33(21-29)34-22-30(46(4,5)6)14-18-38(34)53(37)41-25-51-43(27-49-41)57(55,56)44-28-50-42(26-52-44)54-39-19-15-31(47(7,8)9)23-35(39)36-24-32(48(10,11)12)16-20-40(36)54;1-45(2,3)29-13-17-37-33(21-29)34-22-30(46(4,5)6)14-18-38(34)53(37)41-25-51-43(27-49-41)55-44-28-50-42(26-52-44)54-39-19-15-31(47(7,8)9)23-35(39)36-24-32(48(10,11)12)16-20-40(36)54/h13-28H,1-12H3;13-28H,1-12H3. The Balaban J connectivity index is 0.000000177. The van der Waals surface area contributed by atoms with E-state index in [1.54, 1.807) is 0 Å². The van der Waals surface area contributed by atoms with Crippen molar-refractivity contribution in [2.24, 2.45) is 0 Å². The van der Waals surface area contributed by atoms with Crippen LogP contribution in [0.5, 0.6) is 0 Å². The second kappa shape index (κ2) is 26.9. The van der Waals surface area contributed by atoms with Crippen LogP contribution in [0.4, 0.5) is 0 Å². The summed E-state index contributed by atoms with van der Waals surface area (Å²) >= 11 is 1.47. The molecule has 0 N–H and O–H groups in total. The lowest BCUT2D eigenvalue weighted by atomic mass is 9.85. The van der Waals surface area contributed by atoms with Gasteiger partial charge in [0.2, 0.25) is 9.84 Å². The van der Waals surface area contributed by atoms with Crippen molar-refractivity contribution in [2.75, 3.05) is 0 Å². The predicted octanol–water partition coefficient (Wildman–Crippen LogP) is 24.3. The first-order valence-electron chi connectivity index (χ1n) is 38.9. The Kier molecular flexibility index (Phi) is 18.5. The number of aromatic nitrogens is 12. The molecule has 572 valence electrons. The lowest BCUT2D eigenvalue weighted by molar-refractivity contribution is 0.586. The molecule has 0 radical (unpaired) electrons. The quantitative estimate of drug-likeness (QED) is 0.143. The van der Waals surface area contributed by atoms with E-state index in [0.717, 1.165) is 87.4 Å². The first-order valence-corrected chi connectivity index (χ1v) is 41.2. The molecule has 16 aromatic rings. The largest absolute Gasteiger partial charge is 0.293 e. The van der Waals surface area contributed by atoms with Gasteiger partial charge in [0.25, 0.3) is 0 Å². The van der Waals surface area contributed by atoms with Crippen LogP contribution in [-0.2, 0) is 53.2 Å². The second-order valence-corrected chi connectivity index (χ2v) is 41.5. The lowest BCUT2D eigenvalue weighted by Gasteiger charge is -2.19. The predicted molar refractivity (Wildman–Crippen MR) is 465 cm³/mol. The van der Waals surface area contributed by atoms with Crippen molar-refractivity contribution >= 4 is 109 Å². The summed E-state index contributed by atoms with van der Waals surface area (Å²) in [7, 11) is -4.13. The Morgan fingerprint density at radius 2 is 0.393 bits per heavy atom. The molecule has 8 heterocycles. The minimum absolute atomic E-state index is 0.0308. The topological polar surface area (TPSA) is 157 Å². The number of sulfone groups is 1. The fourth-order valence-corrected chi connectivity index (χ4v) is 16.7.